The smallest absolute Gasteiger partial charge is 0.244 e. The number of ether oxygens (including phenoxy) is 1. The minimum atomic E-state index is -0.917. The van der Waals surface area contributed by atoms with Gasteiger partial charge in [-0.25, -0.2) is 0 Å². The predicted octanol–water partition coefficient (Wildman–Crippen LogP) is -0.288. The molecule has 2 unspecified atom stereocenters. The zero-order chi connectivity index (χ0) is 12.3. The fourth-order valence-electron chi connectivity index (χ4n) is 1.77. The van der Waals surface area contributed by atoms with E-state index in [0.29, 0.717) is 13.0 Å². The van der Waals surface area contributed by atoms with Crippen LogP contribution >= 0.6 is 0 Å². The van der Waals surface area contributed by atoms with Crippen LogP contribution < -0.4 is 5.32 Å². The highest BCUT2D eigenvalue weighted by Gasteiger charge is 2.33. The minimum Gasteiger partial charge on any atom is -0.386 e. The maximum Gasteiger partial charge on any atom is 0.244 e. The van der Waals surface area contributed by atoms with Gasteiger partial charge in [0, 0.05) is 32.0 Å². The molecule has 6 nitrogen and oxygen atoms in total. The second-order valence-electron chi connectivity index (χ2n) is 4.41. The van der Waals surface area contributed by atoms with Gasteiger partial charge >= 0.3 is 0 Å². The molecule has 6 heteroatoms. The summed E-state index contributed by atoms with van der Waals surface area (Å²) in [6.07, 6.45) is 3.92. The van der Waals surface area contributed by atoms with Crippen molar-refractivity contribution in [2.45, 2.75) is 25.0 Å². The second kappa shape index (κ2) is 4.85. The molecule has 1 amide bonds. The Labute approximate surface area is 99.6 Å². The number of hydrogen-bond donors (Lipinski definition) is 2. The van der Waals surface area contributed by atoms with Crippen LogP contribution in [0.25, 0.3) is 0 Å². The van der Waals surface area contributed by atoms with Crippen LogP contribution in [0.1, 0.15) is 19.4 Å². The molecule has 0 aliphatic carbocycles. The molecule has 0 spiro atoms. The monoisotopic (exact) mass is 239 g/mol. The molecule has 1 saturated heterocycles. The molecule has 1 aliphatic heterocycles. The second-order valence-corrected chi connectivity index (χ2v) is 4.41. The van der Waals surface area contributed by atoms with Crippen molar-refractivity contribution in [2.24, 2.45) is 0 Å². The van der Waals surface area contributed by atoms with Crippen molar-refractivity contribution in [3.63, 3.8) is 0 Å². The van der Waals surface area contributed by atoms with Gasteiger partial charge < -0.3 is 15.2 Å². The lowest BCUT2D eigenvalue weighted by atomic mass is 10.0. The Morgan fingerprint density at radius 2 is 2.59 bits per heavy atom. The van der Waals surface area contributed by atoms with Gasteiger partial charge in [0.25, 0.3) is 0 Å². The highest BCUT2D eigenvalue weighted by molar-refractivity contribution is 5.79. The summed E-state index contributed by atoms with van der Waals surface area (Å²) in [6.45, 7) is 2.81. The molecule has 0 radical (unpaired) electrons. The quantitative estimate of drug-likeness (QED) is 0.757. The zero-order valence-corrected chi connectivity index (χ0v) is 9.80. The van der Waals surface area contributed by atoms with Gasteiger partial charge in [-0.15, -0.1) is 0 Å². The Hall–Kier alpha value is -1.40. The topological polar surface area (TPSA) is 76.4 Å². The number of nitrogens with one attached hydrogen (secondary N) is 1. The maximum atomic E-state index is 11.8. The Morgan fingerprint density at radius 3 is 3.18 bits per heavy atom. The van der Waals surface area contributed by atoms with Gasteiger partial charge in [0.2, 0.25) is 5.91 Å². The van der Waals surface area contributed by atoms with Crippen LogP contribution in [0.4, 0.5) is 0 Å². The number of nitrogens with zero attached hydrogens (tertiary/aromatic N) is 2. The number of carbonyl (C=O) groups excluding carboxylic acids is 1. The number of carbonyl (C=O) groups is 1. The van der Waals surface area contributed by atoms with Gasteiger partial charge in [0.15, 0.2) is 0 Å². The van der Waals surface area contributed by atoms with E-state index < -0.39 is 5.60 Å². The van der Waals surface area contributed by atoms with E-state index in [2.05, 4.69) is 10.4 Å². The van der Waals surface area contributed by atoms with Gasteiger partial charge in [-0.05, 0) is 13.0 Å². The lowest BCUT2D eigenvalue weighted by molar-refractivity contribution is -0.125. The van der Waals surface area contributed by atoms with Gasteiger partial charge in [-0.2, -0.15) is 5.10 Å². The van der Waals surface area contributed by atoms with Crippen LogP contribution in [0, 0.1) is 0 Å². The molecule has 17 heavy (non-hydrogen) atoms. The first-order valence-corrected chi connectivity index (χ1v) is 5.68. The van der Waals surface area contributed by atoms with Gasteiger partial charge in [-0.3, -0.25) is 9.48 Å². The first-order valence-electron chi connectivity index (χ1n) is 5.68. The average molecular weight is 239 g/mol. The molecule has 2 atom stereocenters. The molecule has 0 saturated carbocycles. The summed E-state index contributed by atoms with van der Waals surface area (Å²) in [4.78, 5) is 11.8. The molecular weight excluding hydrogens is 222 g/mol. The fourth-order valence-corrected chi connectivity index (χ4v) is 1.77. The molecule has 2 heterocycles. The number of amides is 1. The van der Waals surface area contributed by atoms with Gasteiger partial charge in [-0.1, -0.05) is 0 Å². The number of hydrogen-bond acceptors (Lipinski definition) is 4. The van der Waals surface area contributed by atoms with Crippen LogP contribution in [0.2, 0.25) is 0 Å². The van der Waals surface area contributed by atoms with E-state index in [1.807, 2.05) is 0 Å². The average Bonchev–Trinajstić information content (AvgIpc) is 2.96. The lowest BCUT2D eigenvalue weighted by Gasteiger charge is -2.22. The van der Waals surface area contributed by atoms with Crippen molar-refractivity contribution in [3.8, 4) is 0 Å². The van der Waals surface area contributed by atoms with E-state index in [-0.39, 0.29) is 25.1 Å². The van der Waals surface area contributed by atoms with Crippen molar-refractivity contribution in [1.29, 1.82) is 0 Å². The van der Waals surface area contributed by atoms with Crippen LogP contribution in [-0.4, -0.2) is 46.2 Å². The van der Waals surface area contributed by atoms with E-state index in [9.17, 15) is 9.90 Å². The highest BCUT2D eigenvalue weighted by atomic mass is 16.5. The zero-order valence-electron chi connectivity index (χ0n) is 9.80. The van der Waals surface area contributed by atoms with Crippen molar-refractivity contribution < 1.29 is 14.6 Å². The summed E-state index contributed by atoms with van der Waals surface area (Å²) in [5.74, 6) is -0.158. The molecule has 1 fully saturated rings. The van der Waals surface area contributed by atoms with Gasteiger partial charge in [0.05, 0.1) is 6.61 Å². The summed E-state index contributed by atoms with van der Waals surface area (Å²) in [5.41, 5.74) is -0.917. The third-order valence-electron chi connectivity index (χ3n) is 2.98. The Kier molecular flexibility index (Phi) is 3.44. The highest BCUT2D eigenvalue weighted by Crippen LogP contribution is 2.17. The molecule has 0 aromatic carbocycles. The Morgan fingerprint density at radius 1 is 1.76 bits per heavy atom. The molecular formula is C11H17N3O3. The fraction of sp³-hybridized carbons (Fsp3) is 0.636. The van der Waals surface area contributed by atoms with E-state index in [4.69, 9.17) is 4.74 Å². The number of aliphatic hydroxyl groups is 1. The van der Waals surface area contributed by atoms with Gasteiger partial charge in [0.1, 0.15) is 11.6 Å². The predicted molar refractivity (Wildman–Crippen MR) is 60.3 cm³/mol. The van der Waals surface area contributed by atoms with Crippen molar-refractivity contribution in [3.05, 3.63) is 18.5 Å². The van der Waals surface area contributed by atoms with E-state index in [1.165, 1.54) is 0 Å². The minimum absolute atomic E-state index is 0.158. The van der Waals surface area contributed by atoms with Crippen molar-refractivity contribution in [2.75, 3.05) is 19.8 Å². The first-order chi connectivity index (χ1) is 8.11. The van der Waals surface area contributed by atoms with Crippen molar-refractivity contribution in [1.82, 2.24) is 15.1 Å². The number of aromatic nitrogens is 2. The summed E-state index contributed by atoms with van der Waals surface area (Å²) in [6, 6.07) is 1.39. The maximum absolute atomic E-state index is 11.8. The summed E-state index contributed by atoms with van der Waals surface area (Å²) >= 11 is 0. The summed E-state index contributed by atoms with van der Waals surface area (Å²) in [7, 11) is 0. The standard InChI is InChI=1S/C11H17N3O3/c1-9(14-5-2-4-13-14)10(15)12-7-11(16)3-6-17-8-11/h2,4-5,9,16H,3,6-8H2,1H3,(H,12,15). The SMILES string of the molecule is CC(C(=O)NCC1(O)CCOC1)n1cccn1. The normalized spacial score (nSPS) is 25.8. The Balaban J connectivity index is 1.85. The van der Waals surface area contributed by atoms with Crippen molar-refractivity contribution >= 4 is 5.91 Å². The van der Waals surface area contributed by atoms with Crippen LogP contribution in [0.3, 0.4) is 0 Å². The third kappa shape index (κ3) is 2.83. The molecule has 2 N–H and O–H groups in total. The van der Waals surface area contributed by atoms with Crippen LogP contribution in [-0.2, 0) is 9.53 Å². The molecule has 1 aromatic heterocycles. The first kappa shape index (κ1) is 12.1. The largest absolute Gasteiger partial charge is 0.386 e. The molecule has 1 aromatic rings. The van der Waals surface area contributed by atoms with E-state index in [1.54, 1.807) is 30.1 Å². The van der Waals surface area contributed by atoms with E-state index in [0.717, 1.165) is 0 Å². The van der Waals surface area contributed by atoms with Crippen LogP contribution in [0.5, 0.6) is 0 Å². The van der Waals surface area contributed by atoms with Crippen LogP contribution in [0.15, 0.2) is 18.5 Å². The number of rotatable bonds is 4. The Bertz CT molecular complexity index is 371. The molecule has 94 valence electrons. The molecule has 2 rings (SSSR count). The summed E-state index contributed by atoms with van der Waals surface area (Å²) in [5, 5.41) is 16.7. The molecule has 0 bridgehead atoms. The third-order valence-corrected chi connectivity index (χ3v) is 2.98. The van der Waals surface area contributed by atoms with E-state index >= 15 is 0 Å². The molecule has 1 aliphatic rings. The lowest BCUT2D eigenvalue weighted by Crippen LogP contribution is -2.45. The summed E-state index contributed by atoms with van der Waals surface area (Å²) < 4.78 is 6.68.